The summed E-state index contributed by atoms with van der Waals surface area (Å²) in [6, 6.07) is 17.5. The summed E-state index contributed by atoms with van der Waals surface area (Å²) in [4.78, 5) is 0. The molecule has 88 valence electrons. The number of benzene rings is 2. The molecule has 0 saturated carbocycles. The third-order valence-corrected chi connectivity index (χ3v) is 5.31. The topological polar surface area (TPSA) is 0 Å². The molecule has 0 radical (unpaired) electrons. The van der Waals surface area contributed by atoms with E-state index in [9.17, 15) is 0 Å². The molecule has 0 spiro atoms. The van der Waals surface area contributed by atoms with Gasteiger partial charge in [0.1, 0.15) is 0 Å². The Morgan fingerprint density at radius 1 is 0.765 bits per heavy atom. The van der Waals surface area contributed by atoms with Crippen molar-refractivity contribution in [2.24, 2.45) is 0 Å². The predicted molar refractivity (Wildman–Crippen MR) is 79.6 cm³/mol. The Labute approximate surface area is 105 Å². The minimum Gasteiger partial charge on any atom is -0.0656 e. The van der Waals surface area contributed by atoms with E-state index >= 15 is 0 Å². The van der Waals surface area contributed by atoms with Crippen LogP contribution in [-0.2, 0) is 0 Å². The van der Waals surface area contributed by atoms with Crippen molar-refractivity contribution < 1.29 is 0 Å². The van der Waals surface area contributed by atoms with Crippen molar-refractivity contribution in [2.45, 2.75) is 26.6 Å². The molecule has 0 fully saturated rings. The Balaban J connectivity index is 2.53. The van der Waals surface area contributed by atoms with Crippen LogP contribution < -0.4 is 5.19 Å². The molecule has 0 aliphatic rings. The standard InChI is InChI=1S/C16H20Si/c1-13-10-11-15(12-16(13)17(2,3)4)14-8-6-5-7-9-14/h5-12H,1-4H3. The average molecular weight is 240 g/mol. The minimum absolute atomic E-state index is 1.24. The third-order valence-electron chi connectivity index (χ3n) is 3.15. The zero-order chi connectivity index (χ0) is 12.5. The van der Waals surface area contributed by atoms with Gasteiger partial charge >= 0.3 is 0 Å². The fraction of sp³-hybridized carbons (Fsp3) is 0.250. The van der Waals surface area contributed by atoms with Crippen LogP contribution in [0.3, 0.4) is 0 Å². The second-order valence-electron chi connectivity index (χ2n) is 5.65. The molecule has 0 aliphatic heterocycles. The number of rotatable bonds is 2. The summed E-state index contributed by atoms with van der Waals surface area (Å²) in [6.07, 6.45) is 0. The van der Waals surface area contributed by atoms with Crippen LogP contribution in [0.15, 0.2) is 48.5 Å². The molecule has 0 unspecified atom stereocenters. The maximum absolute atomic E-state index is 2.41. The van der Waals surface area contributed by atoms with E-state index in [0.717, 1.165) is 0 Å². The number of hydrogen-bond donors (Lipinski definition) is 0. The lowest BCUT2D eigenvalue weighted by Crippen LogP contribution is -2.39. The quantitative estimate of drug-likeness (QED) is 0.690. The first kappa shape index (κ1) is 12.1. The summed E-state index contributed by atoms with van der Waals surface area (Å²) in [5.41, 5.74) is 4.09. The lowest BCUT2D eigenvalue weighted by molar-refractivity contribution is 1.48. The molecule has 2 aromatic rings. The predicted octanol–water partition coefficient (Wildman–Crippen LogP) is 4.21. The minimum atomic E-state index is -1.24. The average Bonchev–Trinajstić information content (AvgIpc) is 2.29. The molecule has 0 amide bonds. The van der Waals surface area contributed by atoms with Gasteiger partial charge in [0.15, 0.2) is 0 Å². The van der Waals surface area contributed by atoms with Crippen molar-refractivity contribution >= 4 is 13.3 Å². The van der Waals surface area contributed by atoms with E-state index in [4.69, 9.17) is 0 Å². The van der Waals surface area contributed by atoms with Gasteiger partial charge in [0.05, 0.1) is 8.07 Å². The first-order valence-electron chi connectivity index (χ1n) is 6.15. The van der Waals surface area contributed by atoms with Gasteiger partial charge in [-0.1, -0.05) is 78.9 Å². The van der Waals surface area contributed by atoms with E-state index in [1.54, 1.807) is 5.19 Å². The van der Waals surface area contributed by atoms with E-state index in [0.29, 0.717) is 0 Å². The third kappa shape index (κ3) is 2.67. The van der Waals surface area contributed by atoms with Gasteiger partial charge in [0.2, 0.25) is 0 Å². The van der Waals surface area contributed by atoms with Crippen LogP contribution >= 0.6 is 0 Å². The SMILES string of the molecule is Cc1ccc(-c2ccccc2)cc1[Si](C)(C)C. The summed E-state index contributed by atoms with van der Waals surface area (Å²) >= 11 is 0. The van der Waals surface area contributed by atoms with Gasteiger partial charge in [-0.2, -0.15) is 0 Å². The van der Waals surface area contributed by atoms with Gasteiger partial charge < -0.3 is 0 Å². The zero-order valence-corrected chi connectivity index (χ0v) is 12.1. The summed E-state index contributed by atoms with van der Waals surface area (Å²) in [6.45, 7) is 9.45. The van der Waals surface area contributed by atoms with Crippen LogP contribution in [0.4, 0.5) is 0 Å². The van der Waals surface area contributed by atoms with Crippen LogP contribution in [0.1, 0.15) is 5.56 Å². The Hall–Kier alpha value is -1.34. The first-order chi connectivity index (χ1) is 7.98. The normalized spacial score (nSPS) is 11.5. The molecule has 0 saturated heterocycles. The van der Waals surface area contributed by atoms with E-state index in [1.807, 2.05) is 0 Å². The Morgan fingerprint density at radius 2 is 1.41 bits per heavy atom. The highest BCUT2D eigenvalue weighted by atomic mass is 28.3. The van der Waals surface area contributed by atoms with E-state index < -0.39 is 8.07 Å². The van der Waals surface area contributed by atoms with Gasteiger partial charge in [0, 0.05) is 0 Å². The fourth-order valence-electron chi connectivity index (χ4n) is 2.24. The molecular formula is C16H20Si. The maximum atomic E-state index is 2.41. The molecule has 17 heavy (non-hydrogen) atoms. The zero-order valence-electron chi connectivity index (χ0n) is 11.1. The van der Waals surface area contributed by atoms with Crippen LogP contribution in [0.2, 0.25) is 19.6 Å². The van der Waals surface area contributed by atoms with Gasteiger partial charge in [0.25, 0.3) is 0 Å². The molecule has 0 aliphatic carbocycles. The molecule has 2 rings (SSSR count). The largest absolute Gasteiger partial charge is 0.0779 e. The van der Waals surface area contributed by atoms with Crippen LogP contribution in [0, 0.1) is 6.92 Å². The molecular weight excluding hydrogens is 220 g/mol. The van der Waals surface area contributed by atoms with E-state index in [-0.39, 0.29) is 0 Å². The van der Waals surface area contributed by atoms with Crippen molar-refractivity contribution in [1.82, 2.24) is 0 Å². The Kier molecular flexibility index (Phi) is 3.21. The molecule has 0 heterocycles. The molecule has 0 atom stereocenters. The van der Waals surface area contributed by atoms with Gasteiger partial charge in [-0.15, -0.1) is 0 Å². The smallest absolute Gasteiger partial charge is 0.0656 e. The van der Waals surface area contributed by atoms with Crippen molar-refractivity contribution in [1.29, 1.82) is 0 Å². The Bertz CT molecular complexity index is 507. The lowest BCUT2D eigenvalue weighted by Gasteiger charge is -2.20. The lowest BCUT2D eigenvalue weighted by atomic mass is 10.0. The molecule has 0 nitrogen and oxygen atoms in total. The summed E-state index contributed by atoms with van der Waals surface area (Å²) in [5, 5.41) is 1.57. The molecule has 0 aromatic heterocycles. The van der Waals surface area contributed by atoms with Crippen molar-refractivity contribution in [2.75, 3.05) is 0 Å². The fourth-order valence-corrected chi connectivity index (χ4v) is 4.10. The Morgan fingerprint density at radius 3 is 2.00 bits per heavy atom. The number of aryl methyl sites for hydroxylation is 1. The highest BCUT2D eigenvalue weighted by Crippen LogP contribution is 2.20. The monoisotopic (exact) mass is 240 g/mol. The van der Waals surface area contributed by atoms with Gasteiger partial charge in [-0.05, 0) is 18.1 Å². The van der Waals surface area contributed by atoms with Gasteiger partial charge in [-0.3, -0.25) is 0 Å². The summed E-state index contributed by atoms with van der Waals surface area (Å²) < 4.78 is 0. The van der Waals surface area contributed by atoms with E-state index in [2.05, 4.69) is 75.1 Å². The molecule has 1 heteroatoms. The van der Waals surface area contributed by atoms with Crippen LogP contribution in [0.25, 0.3) is 11.1 Å². The van der Waals surface area contributed by atoms with E-state index in [1.165, 1.54) is 16.7 Å². The molecule has 2 aromatic carbocycles. The van der Waals surface area contributed by atoms with Crippen molar-refractivity contribution in [3.05, 3.63) is 54.1 Å². The second kappa shape index (κ2) is 4.50. The van der Waals surface area contributed by atoms with Crippen LogP contribution in [-0.4, -0.2) is 8.07 Å². The number of hydrogen-bond acceptors (Lipinski definition) is 0. The first-order valence-corrected chi connectivity index (χ1v) is 9.65. The summed E-state index contributed by atoms with van der Waals surface area (Å²) in [5.74, 6) is 0. The maximum Gasteiger partial charge on any atom is 0.0779 e. The highest BCUT2D eigenvalue weighted by Gasteiger charge is 2.19. The molecule has 0 N–H and O–H groups in total. The summed E-state index contributed by atoms with van der Waals surface area (Å²) in [7, 11) is -1.24. The van der Waals surface area contributed by atoms with Crippen molar-refractivity contribution in [3.8, 4) is 11.1 Å². The second-order valence-corrected chi connectivity index (χ2v) is 10.7. The highest BCUT2D eigenvalue weighted by molar-refractivity contribution is 6.89. The van der Waals surface area contributed by atoms with Crippen LogP contribution in [0.5, 0.6) is 0 Å². The molecule has 0 bridgehead atoms. The van der Waals surface area contributed by atoms with Crippen molar-refractivity contribution in [3.63, 3.8) is 0 Å². The van der Waals surface area contributed by atoms with Gasteiger partial charge in [-0.25, -0.2) is 0 Å².